The summed E-state index contributed by atoms with van der Waals surface area (Å²) in [6.07, 6.45) is 0. The predicted molar refractivity (Wildman–Crippen MR) is 60.7 cm³/mol. The summed E-state index contributed by atoms with van der Waals surface area (Å²) < 4.78 is 0. The second-order valence-electron chi connectivity index (χ2n) is 3.52. The summed E-state index contributed by atoms with van der Waals surface area (Å²) in [5, 5.41) is 10.7. The lowest BCUT2D eigenvalue weighted by molar-refractivity contribution is -0.135. The van der Waals surface area contributed by atoms with E-state index in [9.17, 15) is 9.59 Å². The fourth-order valence-corrected chi connectivity index (χ4v) is 1.17. The van der Waals surface area contributed by atoms with Crippen LogP contribution < -0.4 is 10.2 Å². The number of aliphatic carboxylic acids is 1. The Morgan fingerprint density at radius 2 is 1.81 bits per heavy atom. The van der Waals surface area contributed by atoms with Crippen LogP contribution in [0.5, 0.6) is 0 Å². The molecule has 0 bridgehead atoms. The molecule has 0 aliphatic rings. The van der Waals surface area contributed by atoms with Crippen molar-refractivity contribution in [1.82, 2.24) is 5.32 Å². The van der Waals surface area contributed by atoms with Crippen LogP contribution in [0.2, 0.25) is 0 Å². The van der Waals surface area contributed by atoms with Gasteiger partial charge in [-0.05, 0) is 24.3 Å². The van der Waals surface area contributed by atoms with Crippen LogP contribution in [0.15, 0.2) is 24.3 Å². The number of rotatable bonds is 4. The quantitative estimate of drug-likeness (QED) is 0.781. The molecule has 0 heterocycles. The van der Waals surface area contributed by atoms with Gasteiger partial charge in [0.2, 0.25) is 0 Å². The van der Waals surface area contributed by atoms with Gasteiger partial charge in [0.25, 0.3) is 5.91 Å². The minimum absolute atomic E-state index is 0.367. The first-order valence-electron chi connectivity index (χ1n) is 4.78. The number of carbonyl (C=O) groups excluding carboxylic acids is 1. The van der Waals surface area contributed by atoms with Gasteiger partial charge in [-0.25, -0.2) is 0 Å². The van der Waals surface area contributed by atoms with Crippen molar-refractivity contribution >= 4 is 17.6 Å². The number of carbonyl (C=O) groups is 2. The van der Waals surface area contributed by atoms with E-state index in [0.29, 0.717) is 5.56 Å². The van der Waals surface area contributed by atoms with Gasteiger partial charge >= 0.3 is 5.97 Å². The Balaban J connectivity index is 2.66. The SMILES string of the molecule is CN(C)c1ccc(C(=O)NCC(=O)O)cc1. The molecule has 2 N–H and O–H groups in total. The Labute approximate surface area is 93.7 Å². The van der Waals surface area contributed by atoms with Crippen LogP contribution >= 0.6 is 0 Å². The van der Waals surface area contributed by atoms with Crippen LogP contribution in [0, 0.1) is 0 Å². The van der Waals surface area contributed by atoms with E-state index in [0.717, 1.165) is 5.69 Å². The van der Waals surface area contributed by atoms with Gasteiger partial charge in [0.1, 0.15) is 6.54 Å². The van der Waals surface area contributed by atoms with E-state index in [1.807, 2.05) is 19.0 Å². The van der Waals surface area contributed by atoms with Crippen LogP contribution in [0.3, 0.4) is 0 Å². The Bertz CT molecular complexity index is 385. The van der Waals surface area contributed by atoms with Gasteiger partial charge in [0.15, 0.2) is 0 Å². The van der Waals surface area contributed by atoms with Crippen LogP contribution in [0.25, 0.3) is 0 Å². The molecule has 86 valence electrons. The average Bonchev–Trinajstić information content (AvgIpc) is 2.26. The largest absolute Gasteiger partial charge is 0.480 e. The van der Waals surface area contributed by atoms with Crippen molar-refractivity contribution in [1.29, 1.82) is 0 Å². The fourth-order valence-electron chi connectivity index (χ4n) is 1.17. The van der Waals surface area contributed by atoms with Gasteiger partial charge in [-0.2, -0.15) is 0 Å². The third-order valence-corrected chi connectivity index (χ3v) is 2.05. The zero-order valence-electron chi connectivity index (χ0n) is 9.23. The molecule has 0 aliphatic heterocycles. The molecule has 1 rings (SSSR count). The molecule has 0 unspecified atom stereocenters. The lowest BCUT2D eigenvalue weighted by Gasteiger charge is -2.12. The Morgan fingerprint density at radius 1 is 1.25 bits per heavy atom. The lowest BCUT2D eigenvalue weighted by atomic mass is 10.2. The van der Waals surface area contributed by atoms with Gasteiger partial charge in [-0.15, -0.1) is 0 Å². The molecule has 0 saturated carbocycles. The number of amides is 1. The van der Waals surface area contributed by atoms with E-state index < -0.39 is 5.97 Å². The molecule has 0 spiro atoms. The first-order chi connectivity index (χ1) is 7.50. The Kier molecular flexibility index (Phi) is 3.88. The third kappa shape index (κ3) is 3.27. The second-order valence-corrected chi connectivity index (χ2v) is 3.52. The number of hydrogen-bond donors (Lipinski definition) is 2. The molecule has 5 heteroatoms. The van der Waals surface area contributed by atoms with E-state index in [-0.39, 0.29) is 12.5 Å². The highest BCUT2D eigenvalue weighted by atomic mass is 16.4. The molecule has 0 radical (unpaired) electrons. The molecular weight excluding hydrogens is 208 g/mol. The molecule has 0 aliphatic carbocycles. The maximum absolute atomic E-state index is 11.4. The van der Waals surface area contributed by atoms with Gasteiger partial charge in [-0.1, -0.05) is 0 Å². The fraction of sp³-hybridized carbons (Fsp3) is 0.273. The van der Waals surface area contributed by atoms with Gasteiger partial charge in [0.05, 0.1) is 0 Å². The monoisotopic (exact) mass is 222 g/mol. The molecule has 0 atom stereocenters. The summed E-state index contributed by atoms with van der Waals surface area (Å²) in [5.74, 6) is -1.44. The van der Waals surface area contributed by atoms with Crippen molar-refractivity contribution in [3.05, 3.63) is 29.8 Å². The molecule has 0 aromatic heterocycles. The standard InChI is InChI=1S/C11H14N2O3/c1-13(2)9-5-3-8(4-6-9)11(16)12-7-10(14)15/h3-6H,7H2,1-2H3,(H,12,16)(H,14,15). The maximum Gasteiger partial charge on any atom is 0.322 e. The Hall–Kier alpha value is -2.04. The third-order valence-electron chi connectivity index (χ3n) is 2.05. The number of hydrogen-bond acceptors (Lipinski definition) is 3. The summed E-state index contributed by atoms with van der Waals surface area (Å²) in [4.78, 5) is 23.6. The molecule has 5 nitrogen and oxygen atoms in total. The number of anilines is 1. The molecular formula is C11H14N2O3. The number of benzene rings is 1. The van der Waals surface area contributed by atoms with E-state index in [1.165, 1.54) is 0 Å². The molecule has 1 amide bonds. The average molecular weight is 222 g/mol. The molecule has 1 aromatic rings. The van der Waals surface area contributed by atoms with Crippen molar-refractivity contribution < 1.29 is 14.7 Å². The van der Waals surface area contributed by atoms with Crippen LogP contribution in [0.4, 0.5) is 5.69 Å². The second kappa shape index (κ2) is 5.16. The molecule has 0 fully saturated rings. The number of nitrogens with one attached hydrogen (secondary N) is 1. The first-order valence-corrected chi connectivity index (χ1v) is 4.78. The van der Waals surface area contributed by atoms with E-state index in [2.05, 4.69) is 5.32 Å². The molecule has 16 heavy (non-hydrogen) atoms. The van der Waals surface area contributed by atoms with Gasteiger partial charge in [-0.3, -0.25) is 9.59 Å². The maximum atomic E-state index is 11.4. The van der Waals surface area contributed by atoms with Crippen molar-refractivity contribution in [3.63, 3.8) is 0 Å². The van der Waals surface area contributed by atoms with Crippen molar-refractivity contribution in [2.45, 2.75) is 0 Å². The normalized spacial score (nSPS) is 9.62. The summed E-state index contributed by atoms with van der Waals surface area (Å²) in [7, 11) is 3.80. The number of nitrogens with zero attached hydrogens (tertiary/aromatic N) is 1. The van der Waals surface area contributed by atoms with Crippen molar-refractivity contribution in [2.24, 2.45) is 0 Å². The highest BCUT2D eigenvalue weighted by molar-refractivity contribution is 5.96. The summed E-state index contributed by atoms with van der Waals surface area (Å²) in [5.41, 5.74) is 1.43. The number of carboxylic acids is 1. The highest BCUT2D eigenvalue weighted by Gasteiger charge is 2.06. The van der Waals surface area contributed by atoms with E-state index in [1.54, 1.807) is 24.3 Å². The van der Waals surface area contributed by atoms with Crippen LogP contribution in [-0.4, -0.2) is 37.6 Å². The predicted octanol–water partition coefficient (Wildman–Crippen LogP) is 0.567. The van der Waals surface area contributed by atoms with Crippen LogP contribution in [-0.2, 0) is 4.79 Å². The topological polar surface area (TPSA) is 69.6 Å². The smallest absolute Gasteiger partial charge is 0.322 e. The summed E-state index contributed by atoms with van der Waals surface area (Å²) in [6.45, 7) is -0.367. The minimum Gasteiger partial charge on any atom is -0.480 e. The minimum atomic E-state index is -1.06. The van der Waals surface area contributed by atoms with Gasteiger partial charge in [0, 0.05) is 25.3 Å². The van der Waals surface area contributed by atoms with E-state index >= 15 is 0 Å². The van der Waals surface area contributed by atoms with Gasteiger partial charge < -0.3 is 15.3 Å². The first kappa shape index (κ1) is 12.0. The highest BCUT2D eigenvalue weighted by Crippen LogP contribution is 2.11. The van der Waals surface area contributed by atoms with Crippen molar-refractivity contribution in [3.8, 4) is 0 Å². The summed E-state index contributed by atoms with van der Waals surface area (Å²) >= 11 is 0. The van der Waals surface area contributed by atoms with E-state index in [4.69, 9.17) is 5.11 Å². The van der Waals surface area contributed by atoms with Crippen molar-refractivity contribution in [2.75, 3.05) is 25.5 Å². The zero-order chi connectivity index (χ0) is 12.1. The Morgan fingerprint density at radius 3 is 2.25 bits per heavy atom. The molecule has 0 saturated heterocycles. The summed E-state index contributed by atoms with van der Waals surface area (Å²) in [6, 6.07) is 6.92. The zero-order valence-corrected chi connectivity index (χ0v) is 9.23. The lowest BCUT2D eigenvalue weighted by Crippen LogP contribution is -2.29. The molecule has 1 aromatic carbocycles. The number of carboxylic acid groups (broad SMARTS) is 1. The van der Waals surface area contributed by atoms with Crippen LogP contribution in [0.1, 0.15) is 10.4 Å².